The molecule has 1 aliphatic rings. The summed E-state index contributed by atoms with van der Waals surface area (Å²) in [4.78, 5) is 42.6. The Kier molecular flexibility index (Phi) is 5.29. The molecule has 1 unspecified atom stereocenters. The van der Waals surface area contributed by atoms with Crippen molar-refractivity contribution in [1.82, 2.24) is 0 Å². The molecule has 6 nitrogen and oxygen atoms in total. The number of amides is 2. The van der Waals surface area contributed by atoms with Gasteiger partial charge in [0.25, 0.3) is 5.91 Å². The van der Waals surface area contributed by atoms with E-state index in [1.165, 1.54) is 16.7 Å². The minimum atomic E-state index is -1.42. The van der Waals surface area contributed by atoms with E-state index >= 15 is 0 Å². The minimum absolute atomic E-state index is 0.0315. The summed E-state index contributed by atoms with van der Waals surface area (Å²) in [6, 6.07) is 21.7. The van der Waals surface area contributed by atoms with Gasteiger partial charge in [-0.05, 0) is 38.1 Å². The highest BCUT2D eigenvalue weighted by molar-refractivity contribution is 8.02. The molecule has 170 valence electrons. The molecule has 3 aromatic carbocycles. The van der Waals surface area contributed by atoms with Gasteiger partial charge in [0.15, 0.2) is 10.5 Å². The van der Waals surface area contributed by atoms with Gasteiger partial charge in [0.05, 0.1) is 11.4 Å². The van der Waals surface area contributed by atoms with Gasteiger partial charge in [-0.15, -0.1) is 0 Å². The van der Waals surface area contributed by atoms with Crippen LogP contribution in [0.25, 0.3) is 11.0 Å². The van der Waals surface area contributed by atoms with Crippen molar-refractivity contribution in [3.63, 3.8) is 0 Å². The van der Waals surface area contributed by atoms with E-state index in [2.05, 4.69) is 5.32 Å². The molecule has 1 N–H and O–H groups in total. The number of furan rings is 1. The van der Waals surface area contributed by atoms with Crippen LogP contribution in [0, 0.1) is 6.92 Å². The summed E-state index contributed by atoms with van der Waals surface area (Å²) in [5.41, 5.74) is 2.97. The fraction of sp³-hybridized carbons (Fsp3) is 0.148. The van der Waals surface area contributed by atoms with Crippen LogP contribution in [0.2, 0.25) is 0 Å². The molecule has 0 saturated carbocycles. The molecule has 0 bridgehead atoms. The van der Waals surface area contributed by atoms with Gasteiger partial charge >= 0.3 is 0 Å². The van der Waals surface area contributed by atoms with Crippen molar-refractivity contribution in [2.45, 2.75) is 23.5 Å². The van der Waals surface area contributed by atoms with E-state index in [0.717, 1.165) is 16.1 Å². The second-order valence-electron chi connectivity index (χ2n) is 8.42. The molecular formula is C27H22N2O4S. The molecule has 1 aromatic heterocycles. The minimum Gasteiger partial charge on any atom is -0.450 e. The summed E-state index contributed by atoms with van der Waals surface area (Å²) < 4.78 is 4.48. The van der Waals surface area contributed by atoms with Gasteiger partial charge in [0, 0.05) is 22.9 Å². The Balaban J connectivity index is 1.56. The SMILES string of the molecule is Cc1ccc(C(=O)c2oc3ccccc3c2NC(=O)C2(C)Sc3ccccc3N(C)C2=O)cc1. The van der Waals surface area contributed by atoms with Crippen LogP contribution in [-0.4, -0.2) is 29.4 Å². The topological polar surface area (TPSA) is 79.6 Å². The highest BCUT2D eigenvalue weighted by Gasteiger charge is 2.48. The van der Waals surface area contributed by atoms with Crippen LogP contribution in [0.15, 0.2) is 82.1 Å². The largest absolute Gasteiger partial charge is 0.450 e. The first-order valence-corrected chi connectivity index (χ1v) is 11.6. The number of hydrogen-bond acceptors (Lipinski definition) is 5. The number of hydrogen-bond donors (Lipinski definition) is 1. The van der Waals surface area contributed by atoms with Gasteiger partial charge in [-0.2, -0.15) is 0 Å². The lowest BCUT2D eigenvalue weighted by Gasteiger charge is -2.36. The maximum Gasteiger partial charge on any atom is 0.252 e. The smallest absolute Gasteiger partial charge is 0.252 e. The van der Waals surface area contributed by atoms with E-state index in [0.29, 0.717) is 16.5 Å². The van der Waals surface area contributed by atoms with Crippen molar-refractivity contribution < 1.29 is 18.8 Å². The monoisotopic (exact) mass is 470 g/mol. The Labute approximate surface area is 200 Å². The van der Waals surface area contributed by atoms with Gasteiger partial charge in [-0.25, -0.2) is 0 Å². The zero-order valence-electron chi connectivity index (χ0n) is 18.9. The van der Waals surface area contributed by atoms with E-state index in [9.17, 15) is 14.4 Å². The van der Waals surface area contributed by atoms with Crippen LogP contribution in [0.4, 0.5) is 11.4 Å². The molecule has 0 radical (unpaired) electrons. The van der Waals surface area contributed by atoms with Crippen LogP contribution in [-0.2, 0) is 9.59 Å². The van der Waals surface area contributed by atoms with Crippen molar-refractivity contribution in [2.24, 2.45) is 0 Å². The maximum atomic E-state index is 13.6. The molecule has 1 aliphatic heterocycles. The Morgan fingerprint density at radius 2 is 1.65 bits per heavy atom. The highest BCUT2D eigenvalue weighted by atomic mass is 32.2. The third kappa shape index (κ3) is 3.49. The molecule has 0 spiro atoms. The van der Waals surface area contributed by atoms with Crippen molar-refractivity contribution in [3.8, 4) is 0 Å². The lowest BCUT2D eigenvalue weighted by atomic mass is 10.0. The summed E-state index contributed by atoms with van der Waals surface area (Å²) in [5.74, 6) is -1.17. The molecular weight excluding hydrogens is 448 g/mol. The van der Waals surface area contributed by atoms with E-state index < -0.39 is 10.7 Å². The van der Waals surface area contributed by atoms with E-state index in [1.54, 1.807) is 50.4 Å². The molecule has 34 heavy (non-hydrogen) atoms. The Morgan fingerprint density at radius 1 is 0.971 bits per heavy atom. The summed E-state index contributed by atoms with van der Waals surface area (Å²) in [7, 11) is 1.66. The Hall–Kier alpha value is -3.84. The number of nitrogens with zero attached hydrogens (tertiary/aromatic N) is 1. The molecule has 0 fully saturated rings. The average Bonchev–Trinajstić information content (AvgIpc) is 3.21. The van der Waals surface area contributed by atoms with Crippen molar-refractivity contribution >= 4 is 51.7 Å². The van der Waals surface area contributed by atoms with E-state index in [-0.39, 0.29) is 23.1 Å². The van der Waals surface area contributed by atoms with Crippen LogP contribution in [0.3, 0.4) is 0 Å². The maximum absolute atomic E-state index is 13.6. The first kappa shape index (κ1) is 22.0. The number of benzene rings is 3. The van der Waals surface area contributed by atoms with Crippen LogP contribution in [0.5, 0.6) is 0 Å². The van der Waals surface area contributed by atoms with Gasteiger partial charge in [0.1, 0.15) is 5.58 Å². The molecule has 0 aliphatic carbocycles. The molecule has 4 aromatic rings. The number of nitrogens with one attached hydrogen (secondary N) is 1. The van der Waals surface area contributed by atoms with Crippen molar-refractivity contribution in [3.05, 3.63) is 89.7 Å². The van der Waals surface area contributed by atoms with Crippen LogP contribution in [0.1, 0.15) is 28.6 Å². The Morgan fingerprint density at radius 3 is 2.41 bits per heavy atom. The van der Waals surface area contributed by atoms with Gasteiger partial charge in [-0.1, -0.05) is 65.9 Å². The lowest BCUT2D eigenvalue weighted by Crippen LogP contribution is -2.53. The zero-order chi connectivity index (χ0) is 24.0. The summed E-state index contributed by atoms with van der Waals surface area (Å²) in [6.07, 6.45) is 0. The van der Waals surface area contributed by atoms with Crippen molar-refractivity contribution in [1.29, 1.82) is 0 Å². The summed E-state index contributed by atoms with van der Waals surface area (Å²) >= 11 is 1.20. The summed E-state index contributed by atoms with van der Waals surface area (Å²) in [5, 5.41) is 3.46. The average molecular weight is 471 g/mol. The van der Waals surface area contributed by atoms with Gasteiger partial charge in [-0.3, -0.25) is 14.4 Å². The molecule has 5 rings (SSSR count). The number of thioether (sulfide) groups is 1. The number of anilines is 2. The fourth-order valence-corrected chi connectivity index (χ4v) is 5.32. The van der Waals surface area contributed by atoms with Crippen LogP contribution >= 0.6 is 11.8 Å². The Bertz CT molecular complexity index is 1460. The third-order valence-electron chi connectivity index (χ3n) is 6.04. The number of carbonyl (C=O) groups excluding carboxylic acids is 3. The molecule has 2 amide bonds. The number of aryl methyl sites for hydroxylation is 1. The number of fused-ring (bicyclic) bond motifs is 2. The highest BCUT2D eigenvalue weighted by Crippen LogP contribution is 2.45. The zero-order valence-corrected chi connectivity index (χ0v) is 19.7. The lowest BCUT2D eigenvalue weighted by molar-refractivity contribution is -0.128. The van der Waals surface area contributed by atoms with Gasteiger partial charge < -0.3 is 14.6 Å². The first-order valence-electron chi connectivity index (χ1n) is 10.8. The van der Waals surface area contributed by atoms with Gasteiger partial charge in [0.2, 0.25) is 11.7 Å². The number of para-hydroxylation sites is 2. The third-order valence-corrected chi connectivity index (χ3v) is 7.37. The fourth-order valence-electron chi connectivity index (χ4n) is 4.06. The van der Waals surface area contributed by atoms with Crippen molar-refractivity contribution in [2.75, 3.05) is 17.3 Å². The summed E-state index contributed by atoms with van der Waals surface area (Å²) in [6.45, 7) is 3.54. The second-order valence-corrected chi connectivity index (χ2v) is 9.88. The molecule has 1 atom stereocenters. The molecule has 2 heterocycles. The first-order chi connectivity index (χ1) is 16.3. The number of carbonyl (C=O) groups is 3. The second kappa shape index (κ2) is 8.18. The van der Waals surface area contributed by atoms with Crippen LogP contribution < -0.4 is 10.2 Å². The quantitative estimate of drug-likeness (QED) is 0.317. The van der Waals surface area contributed by atoms with E-state index in [4.69, 9.17) is 4.42 Å². The number of rotatable bonds is 4. The number of ketones is 1. The standard InChI is InChI=1S/C27H22N2O4S/c1-16-12-14-17(15-13-16)23(30)24-22(18-8-4-6-10-20(18)33-24)28-25(31)27(2)26(32)29(3)19-9-5-7-11-21(19)34-27/h4-15H,1-3H3,(H,28,31). The predicted molar refractivity (Wildman–Crippen MR) is 134 cm³/mol. The molecule has 0 saturated heterocycles. The molecule has 7 heteroatoms. The van der Waals surface area contributed by atoms with E-state index in [1.807, 2.05) is 43.3 Å². The normalized spacial score (nSPS) is 17.5. The predicted octanol–water partition coefficient (Wildman–Crippen LogP) is 5.44.